The average molecular weight is 450 g/mol. The van der Waals surface area contributed by atoms with Crippen molar-refractivity contribution in [3.63, 3.8) is 0 Å². The van der Waals surface area contributed by atoms with E-state index in [-0.39, 0.29) is 28.7 Å². The Labute approximate surface area is 181 Å². The Morgan fingerprint density at radius 2 is 1.77 bits per heavy atom. The minimum absolute atomic E-state index is 0.0376. The molecule has 1 aliphatic carbocycles. The van der Waals surface area contributed by atoms with E-state index in [1.54, 1.807) is 18.3 Å². The van der Waals surface area contributed by atoms with E-state index in [0.717, 1.165) is 25.7 Å². The van der Waals surface area contributed by atoms with E-state index in [0.29, 0.717) is 18.7 Å². The minimum atomic E-state index is -3.82. The van der Waals surface area contributed by atoms with Crippen molar-refractivity contribution in [2.45, 2.75) is 49.3 Å². The van der Waals surface area contributed by atoms with E-state index in [4.69, 9.17) is 0 Å². The number of sulfonamides is 1. The van der Waals surface area contributed by atoms with Gasteiger partial charge < -0.3 is 10.6 Å². The van der Waals surface area contributed by atoms with Crippen LogP contribution >= 0.6 is 11.3 Å². The fraction of sp³-hybridized carbons (Fsp3) is 0.429. The molecular weight excluding hydrogens is 422 g/mol. The lowest BCUT2D eigenvalue weighted by atomic mass is 9.84. The predicted molar refractivity (Wildman–Crippen MR) is 118 cm³/mol. The normalized spacial score (nSPS) is 15.6. The Kier molecular flexibility index (Phi) is 7.27. The Hall–Kier alpha value is -2.23. The van der Waals surface area contributed by atoms with Gasteiger partial charge in [-0.2, -0.15) is 0 Å². The van der Waals surface area contributed by atoms with Crippen LogP contribution in [-0.4, -0.2) is 33.3 Å². The van der Waals surface area contributed by atoms with Crippen LogP contribution in [0.1, 0.15) is 43.9 Å². The van der Waals surface area contributed by atoms with E-state index in [2.05, 4.69) is 21.4 Å². The smallest absolute Gasteiger partial charge is 0.241 e. The number of hydrogen-bond acceptors (Lipinski definition) is 5. The summed E-state index contributed by atoms with van der Waals surface area (Å²) < 4.78 is 27.3. The van der Waals surface area contributed by atoms with Crippen LogP contribution in [0.3, 0.4) is 0 Å². The van der Waals surface area contributed by atoms with Crippen LogP contribution in [0.15, 0.2) is 46.7 Å². The quantitative estimate of drug-likeness (QED) is 0.547. The van der Waals surface area contributed by atoms with Crippen molar-refractivity contribution >= 4 is 38.9 Å². The van der Waals surface area contributed by atoms with Gasteiger partial charge in [0.05, 0.1) is 11.4 Å². The molecule has 0 bridgehead atoms. The topological polar surface area (TPSA) is 104 Å². The highest BCUT2D eigenvalue weighted by Crippen LogP contribution is 2.42. The number of carbonyl (C=O) groups is 2. The molecule has 2 amide bonds. The summed E-state index contributed by atoms with van der Waals surface area (Å²) in [5.41, 5.74) is 0.482. The van der Waals surface area contributed by atoms with Gasteiger partial charge in [-0.25, -0.2) is 13.1 Å². The molecule has 0 atom stereocenters. The summed E-state index contributed by atoms with van der Waals surface area (Å²) in [6.45, 7) is 1.93. The van der Waals surface area contributed by atoms with Crippen LogP contribution in [-0.2, 0) is 25.0 Å². The van der Waals surface area contributed by atoms with Crippen LogP contribution in [0.5, 0.6) is 0 Å². The average Bonchev–Trinajstić information content (AvgIpc) is 3.44. The second kappa shape index (κ2) is 9.72. The summed E-state index contributed by atoms with van der Waals surface area (Å²) in [6.07, 6.45) is 4.66. The largest absolute Gasteiger partial charge is 0.354 e. The van der Waals surface area contributed by atoms with Crippen LogP contribution < -0.4 is 15.4 Å². The third-order valence-corrected chi connectivity index (χ3v) is 7.95. The summed E-state index contributed by atoms with van der Waals surface area (Å²) in [5, 5.41) is 7.62. The number of carbonyl (C=O) groups excluding carboxylic acids is 2. The molecule has 0 saturated heterocycles. The number of anilines is 1. The van der Waals surface area contributed by atoms with Gasteiger partial charge in [-0.1, -0.05) is 25.8 Å². The molecule has 1 aromatic heterocycles. The first kappa shape index (κ1) is 22.5. The third-order valence-electron chi connectivity index (χ3n) is 5.42. The Morgan fingerprint density at radius 3 is 2.37 bits per heavy atom. The second-order valence-electron chi connectivity index (χ2n) is 7.49. The Bertz CT molecular complexity index is 964. The molecule has 1 fully saturated rings. The van der Waals surface area contributed by atoms with Crippen LogP contribution in [0.2, 0.25) is 0 Å². The third kappa shape index (κ3) is 5.47. The summed E-state index contributed by atoms with van der Waals surface area (Å²) in [5.74, 6) is -0.503. The highest BCUT2D eigenvalue weighted by molar-refractivity contribution is 7.89. The molecule has 1 aliphatic rings. The lowest BCUT2D eigenvalue weighted by Crippen LogP contribution is -2.43. The van der Waals surface area contributed by atoms with Crippen molar-refractivity contribution in [2.24, 2.45) is 0 Å². The van der Waals surface area contributed by atoms with Crippen molar-refractivity contribution < 1.29 is 18.0 Å². The number of amides is 2. The maximum atomic E-state index is 12.5. The molecule has 0 aliphatic heterocycles. The van der Waals surface area contributed by atoms with Crippen molar-refractivity contribution in [3.8, 4) is 0 Å². The molecule has 1 aromatic carbocycles. The molecule has 0 unspecified atom stereocenters. The second-order valence-corrected chi connectivity index (χ2v) is 10.2. The summed E-state index contributed by atoms with van der Waals surface area (Å²) in [6, 6.07) is 9.97. The zero-order chi connectivity index (χ0) is 21.6. The SMILES string of the molecule is CCC(=O)Nc1ccc(S(=O)(=O)NCC(=O)NCC2(c3cccs3)CCCC2)cc1. The molecule has 2 aromatic rings. The van der Waals surface area contributed by atoms with Gasteiger partial charge in [0.25, 0.3) is 0 Å². The van der Waals surface area contributed by atoms with Gasteiger partial charge in [-0.15, -0.1) is 11.3 Å². The summed E-state index contributed by atoms with van der Waals surface area (Å²) in [4.78, 5) is 25.0. The number of hydrogen-bond donors (Lipinski definition) is 3. The van der Waals surface area contributed by atoms with E-state index in [9.17, 15) is 18.0 Å². The number of nitrogens with one attached hydrogen (secondary N) is 3. The first-order chi connectivity index (χ1) is 14.3. The predicted octanol–water partition coefficient (Wildman–Crippen LogP) is 3.00. The van der Waals surface area contributed by atoms with Gasteiger partial charge in [0.15, 0.2) is 0 Å². The fourth-order valence-corrected chi connectivity index (χ4v) is 5.65. The molecule has 3 N–H and O–H groups in total. The van der Waals surface area contributed by atoms with E-state index < -0.39 is 10.0 Å². The number of benzene rings is 1. The molecular formula is C21H27N3O4S2. The number of rotatable bonds is 9. The van der Waals surface area contributed by atoms with Gasteiger partial charge in [0.1, 0.15) is 0 Å². The summed E-state index contributed by atoms with van der Waals surface area (Å²) in [7, 11) is -3.82. The first-order valence-corrected chi connectivity index (χ1v) is 12.4. The minimum Gasteiger partial charge on any atom is -0.354 e. The maximum absolute atomic E-state index is 12.5. The lowest BCUT2D eigenvalue weighted by molar-refractivity contribution is -0.120. The van der Waals surface area contributed by atoms with Crippen molar-refractivity contribution in [3.05, 3.63) is 46.7 Å². The zero-order valence-electron chi connectivity index (χ0n) is 16.9. The van der Waals surface area contributed by atoms with Crippen molar-refractivity contribution in [2.75, 3.05) is 18.4 Å². The van der Waals surface area contributed by atoms with Gasteiger partial charge >= 0.3 is 0 Å². The first-order valence-electron chi connectivity index (χ1n) is 10.0. The van der Waals surface area contributed by atoms with Gasteiger partial charge in [-0.05, 0) is 48.6 Å². The maximum Gasteiger partial charge on any atom is 0.241 e. The lowest BCUT2D eigenvalue weighted by Gasteiger charge is -2.28. The van der Waals surface area contributed by atoms with Crippen LogP contribution in [0.4, 0.5) is 5.69 Å². The van der Waals surface area contributed by atoms with E-state index in [1.807, 2.05) is 11.4 Å². The van der Waals surface area contributed by atoms with Crippen molar-refractivity contribution in [1.82, 2.24) is 10.0 Å². The van der Waals surface area contributed by atoms with E-state index in [1.165, 1.54) is 29.1 Å². The van der Waals surface area contributed by atoms with Gasteiger partial charge in [-0.3, -0.25) is 9.59 Å². The molecule has 0 radical (unpaired) electrons. The molecule has 0 spiro atoms. The molecule has 9 heteroatoms. The molecule has 7 nitrogen and oxygen atoms in total. The van der Waals surface area contributed by atoms with Crippen molar-refractivity contribution in [1.29, 1.82) is 0 Å². The standard InChI is InChI=1S/C21H27N3O4S2/c1-2-19(25)24-16-7-9-17(10-8-16)30(27,28)23-14-20(26)22-15-21(11-3-4-12-21)18-6-5-13-29-18/h5-10,13,23H,2-4,11-12,14-15H2,1H3,(H,22,26)(H,24,25). The molecule has 162 valence electrons. The van der Waals surface area contributed by atoms with Crippen LogP contribution in [0.25, 0.3) is 0 Å². The highest BCUT2D eigenvalue weighted by atomic mass is 32.2. The number of thiophene rings is 1. The van der Waals surface area contributed by atoms with Crippen LogP contribution in [0, 0.1) is 0 Å². The highest BCUT2D eigenvalue weighted by Gasteiger charge is 2.36. The van der Waals surface area contributed by atoms with Gasteiger partial charge in [0, 0.05) is 28.9 Å². The molecule has 1 heterocycles. The Balaban J connectivity index is 1.54. The molecule has 30 heavy (non-hydrogen) atoms. The van der Waals surface area contributed by atoms with Gasteiger partial charge in [0.2, 0.25) is 21.8 Å². The molecule has 3 rings (SSSR count). The molecule has 1 saturated carbocycles. The fourth-order valence-electron chi connectivity index (χ4n) is 3.68. The Morgan fingerprint density at radius 1 is 1.07 bits per heavy atom. The monoisotopic (exact) mass is 449 g/mol. The summed E-state index contributed by atoms with van der Waals surface area (Å²) >= 11 is 1.70. The van der Waals surface area contributed by atoms with E-state index >= 15 is 0 Å². The zero-order valence-corrected chi connectivity index (χ0v) is 18.6.